The minimum atomic E-state index is -4.07. The van der Waals surface area contributed by atoms with E-state index >= 15 is 0 Å². The van der Waals surface area contributed by atoms with E-state index in [-0.39, 0.29) is 21.2 Å². The molecule has 2 N–H and O–H groups in total. The first-order valence-electron chi connectivity index (χ1n) is 8.92. The van der Waals surface area contributed by atoms with Crippen molar-refractivity contribution in [3.05, 3.63) is 82.9 Å². The Morgan fingerprint density at radius 3 is 2.71 bits per heavy atom. The van der Waals surface area contributed by atoms with Gasteiger partial charge in [0.15, 0.2) is 5.78 Å². The molecule has 7 nitrogen and oxygen atoms in total. The van der Waals surface area contributed by atoms with Crippen LogP contribution in [0.15, 0.2) is 65.8 Å². The molecular formula is C21H15ClFN3O4S. The second kappa shape index (κ2) is 8.01. The van der Waals surface area contributed by atoms with Crippen molar-refractivity contribution in [1.82, 2.24) is 9.97 Å². The molecule has 0 atom stereocenters. The van der Waals surface area contributed by atoms with Gasteiger partial charge in [0.2, 0.25) is 0 Å². The van der Waals surface area contributed by atoms with E-state index in [0.29, 0.717) is 22.3 Å². The summed E-state index contributed by atoms with van der Waals surface area (Å²) in [5.74, 6) is -0.639. The fourth-order valence-corrected chi connectivity index (χ4v) is 4.32. The van der Waals surface area contributed by atoms with E-state index in [2.05, 4.69) is 14.7 Å². The molecule has 0 aliphatic carbocycles. The van der Waals surface area contributed by atoms with Crippen molar-refractivity contribution in [3.8, 4) is 5.75 Å². The van der Waals surface area contributed by atoms with Gasteiger partial charge in [0.1, 0.15) is 17.2 Å². The SMILES string of the molecule is COc1cnc2[nH]cc(C(=O)c3cc(NS(=O)(=O)c4cccc(F)c4)ccc3Cl)c2c1. The summed E-state index contributed by atoms with van der Waals surface area (Å²) >= 11 is 6.23. The van der Waals surface area contributed by atoms with Crippen LogP contribution in [0.2, 0.25) is 5.02 Å². The number of ketones is 1. The summed E-state index contributed by atoms with van der Waals surface area (Å²) in [6.45, 7) is 0. The van der Waals surface area contributed by atoms with Crippen molar-refractivity contribution in [3.63, 3.8) is 0 Å². The number of nitrogens with one attached hydrogen (secondary N) is 2. The molecule has 0 aliphatic rings. The normalized spacial score (nSPS) is 11.5. The second-order valence-corrected chi connectivity index (χ2v) is 8.65. The Kier molecular flexibility index (Phi) is 5.38. The van der Waals surface area contributed by atoms with Crippen LogP contribution >= 0.6 is 11.6 Å². The number of rotatable bonds is 6. The van der Waals surface area contributed by atoms with Crippen molar-refractivity contribution in [2.75, 3.05) is 11.8 Å². The maximum absolute atomic E-state index is 13.4. The number of pyridine rings is 1. The number of aromatic amines is 1. The van der Waals surface area contributed by atoms with Crippen molar-refractivity contribution >= 4 is 44.1 Å². The van der Waals surface area contributed by atoms with E-state index in [1.54, 1.807) is 6.07 Å². The zero-order chi connectivity index (χ0) is 22.2. The van der Waals surface area contributed by atoms with Gasteiger partial charge < -0.3 is 9.72 Å². The maximum Gasteiger partial charge on any atom is 0.261 e. The van der Waals surface area contributed by atoms with Crippen LogP contribution in [-0.2, 0) is 10.0 Å². The second-order valence-electron chi connectivity index (χ2n) is 6.56. The van der Waals surface area contributed by atoms with Gasteiger partial charge in [-0.3, -0.25) is 9.52 Å². The average molecular weight is 460 g/mol. The number of aromatic nitrogens is 2. The Bertz CT molecular complexity index is 1420. The molecule has 4 aromatic rings. The summed E-state index contributed by atoms with van der Waals surface area (Å²) in [6, 6.07) is 10.4. The van der Waals surface area contributed by atoms with Gasteiger partial charge in [-0.2, -0.15) is 0 Å². The molecule has 0 radical (unpaired) electrons. The Hall–Kier alpha value is -3.43. The Morgan fingerprint density at radius 2 is 1.97 bits per heavy atom. The number of methoxy groups -OCH3 is 1. The largest absolute Gasteiger partial charge is 0.495 e. The molecule has 0 unspecified atom stereocenters. The molecule has 2 heterocycles. The lowest BCUT2D eigenvalue weighted by atomic mass is 10.0. The molecule has 4 rings (SSSR count). The number of carbonyl (C=O) groups excluding carboxylic acids is 1. The average Bonchev–Trinajstić information content (AvgIpc) is 3.17. The van der Waals surface area contributed by atoms with E-state index in [4.69, 9.17) is 16.3 Å². The highest BCUT2D eigenvalue weighted by Crippen LogP contribution is 2.29. The van der Waals surface area contributed by atoms with Crippen molar-refractivity contribution < 1.29 is 22.3 Å². The predicted molar refractivity (Wildman–Crippen MR) is 115 cm³/mol. The zero-order valence-corrected chi connectivity index (χ0v) is 17.6. The van der Waals surface area contributed by atoms with E-state index in [0.717, 1.165) is 12.1 Å². The molecule has 158 valence electrons. The maximum atomic E-state index is 13.4. The highest BCUT2D eigenvalue weighted by molar-refractivity contribution is 7.92. The molecular weight excluding hydrogens is 445 g/mol. The number of H-pyrrole nitrogens is 1. The number of nitrogens with zero attached hydrogens (tertiary/aromatic N) is 1. The Balaban J connectivity index is 1.71. The quantitative estimate of drug-likeness (QED) is 0.416. The monoisotopic (exact) mass is 459 g/mol. The van der Waals surface area contributed by atoms with Crippen LogP contribution < -0.4 is 9.46 Å². The summed E-state index contributed by atoms with van der Waals surface area (Å²) < 4.78 is 46.1. The fraction of sp³-hybridized carbons (Fsp3) is 0.0476. The van der Waals surface area contributed by atoms with E-state index in [1.165, 1.54) is 49.8 Å². The van der Waals surface area contributed by atoms with Crippen LogP contribution in [-0.4, -0.2) is 31.3 Å². The van der Waals surface area contributed by atoms with E-state index in [1.807, 2.05) is 0 Å². The number of carbonyl (C=O) groups is 1. The summed E-state index contributed by atoms with van der Waals surface area (Å²) in [5.41, 5.74) is 0.981. The number of anilines is 1. The molecule has 10 heteroatoms. The summed E-state index contributed by atoms with van der Waals surface area (Å²) in [5, 5.41) is 0.676. The number of sulfonamides is 1. The number of hydrogen-bond donors (Lipinski definition) is 2. The first-order valence-corrected chi connectivity index (χ1v) is 10.8. The van der Waals surface area contributed by atoms with Gasteiger partial charge >= 0.3 is 0 Å². The first-order chi connectivity index (χ1) is 14.8. The van der Waals surface area contributed by atoms with Crippen molar-refractivity contribution in [2.45, 2.75) is 4.90 Å². The van der Waals surface area contributed by atoms with Gasteiger partial charge in [0.25, 0.3) is 10.0 Å². The lowest BCUT2D eigenvalue weighted by Crippen LogP contribution is -2.14. The number of fused-ring (bicyclic) bond motifs is 1. The number of ether oxygens (including phenoxy) is 1. The molecule has 2 aromatic heterocycles. The molecule has 0 saturated carbocycles. The highest BCUT2D eigenvalue weighted by Gasteiger charge is 2.20. The van der Waals surface area contributed by atoms with Crippen LogP contribution in [0.25, 0.3) is 11.0 Å². The lowest BCUT2D eigenvalue weighted by molar-refractivity contribution is 0.104. The summed E-state index contributed by atoms with van der Waals surface area (Å²) in [4.78, 5) is 20.0. The highest BCUT2D eigenvalue weighted by atomic mass is 35.5. The van der Waals surface area contributed by atoms with Gasteiger partial charge in [-0.25, -0.2) is 17.8 Å². The fourth-order valence-electron chi connectivity index (χ4n) is 3.04. The predicted octanol–water partition coefficient (Wildman–Crippen LogP) is 4.40. The standard InChI is InChI=1S/C21H15ClFN3O4S/c1-30-14-9-16-18(11-25-21(16)24-10-14)20(27)17-8-13(5-6-19(17)22)26-31(28,29)15-4-2-3-12(23)7-15/h2-11,26H,1H3,(H,24,25). The van der Waals surface area contributed by atoms with E-state index in [9.17, 15) is 17.6 Å². The van der Waals surface area contributed by atoms with Crippen LogP contribution in [0, 0.1) is 5.82 Å². The molecule has 0 amide bonds. The van der Waals surface area contributed by atoms with Crippen molar-refractivity contribution in [1.29, 1.82) is 0 Å². The minimum Gasteiger partial charge on any atom is -0.495 e. The topological polar surface area (TPSA) is 101 Å². The third-order valence-corrected chi connectivity index (χ3v) is 6.26. The Morgan fingerprint density at radius 1 is 1.16 bits per heavy atom. The number of halogens is 2. The molecule has 31 heavy (non-hydrogen) atoms. The molecule has 0 spiro atoms. The Labute approximate surface area is 181 Å². The summed E-state index contributed by atoms with van der Waals surface area (Å²) in [7, 11) is -2.58. The molecule has 2 aromatic carbocycles. The third kappa shape index (κ3) is 4.10. The lowest BCUT2D eigenvalue weighted by Gasteiger charge is -2.11. The molecule has 0 aliphatic heterocycles. The first kappa shape index (κ1) is 20.8. The molecule has 0 fully saturated rings. The van der Waals surface area contributed by atoms with Crippen LogP contribution in [0.1, 0.15) is 15.9 Å². The van der Waals surface area contributed by atoms with Gasteiger partial charge in [0.05, 0.1) is 23.2 Å². The van der Waals surface area contributed by atoms with Crippen LogP contribution in [0.5, 0.6) is 5.75 Å². The van der Waals surface area contributed by atoms with Crippen LogP contribution in [0.4, 0.5) is 10.1 Å². The van der Waals surface area contributed by atoms with Crippen LogP contribution in [0.3, 0.4) is 0 Å². The summed E-state index contributed by atoms with van der Waals surface area (Å²) in [6.07, 6.45) is 3.02. The van der Waals surface area contributed by atoms with Gasteiger partial charge in [0, 0.05) is 28.4 Å². The molecule has 0 bridgehead atoms. The van der Waals surface area contributed by atoms with Crippen molar-refractivity contribution in [2.24, 2.45) is 0 Å². The molecule has 0 saturated heterocycles. The van der Waals surface area contributed by atoms with E-state index < -0.39 is 21.6 Å². The minimum absolute atomic E-state index is 0.0878. The zero-order valence-electron chi connectivity index (χ0n) is 16.0. The number of hydrogen-bond acceptors (Lipinski definition) is 5. The van der Waals surface area contributed by atoms with Gasteiger partial charge in [-0.05, 0) is 42.5 Å². The third-order valence-electron chi connectivity index (χ3n) is 4.56. The van der Waals surface area contributed by atoms with Gasteiger partial charge in [-0.1, -0.05) is 17.7 Å². The number of benzene rings is 2. The van der Waals surface area contributed by atoms with Gasteiger partial charge in [-0.15, -0.1) is 0 Å². The smallest absolute Gasteiger partial charge is 0.261 e.